The van der Waals surface area contributed by atoms with E-state index in [1.54, 1.807) is 12.1 Å². The fraction of sp³-hybridized carbons (Fsp3) is 0.417. The Hall–Kier alpha value is -1.39. The third-order valence-corrected chi connectivity index (χ3v) is 2.38. The maximum atomic E-state index is 10.7. The minimum Gasteiger partial charge on any atom is -0.481 e. The van der Waals surface area contributed by atoms with Crippen molar-refractivity contribution in [2.75, 3.05) is 6.54 Å². The highest BCUT2D eigenvalue weighted by Gasteiger charge is 2.22. The molecule has 0 bridgehead atoms. The molecule has 0 fully saturated rings. The highest BCUT2D eigenvalue weighted by atomic mass is 16.4. The van der Waals surface area contributed by atoms with Crippen LogP contribution >= 0.6 is 0 Å². The van der Waals surface area contributed by atoms with Crippen molar-refractivity contribution in [3.63, 3.8) is 0 Å². The van der Waals surface area contributed by atoms with Gasteiger partial charge >= 0.3 is 5.97 Å². The molecule has 2 unspecified atom stereocenters. The molecule has 0 aromatic heterocycles. The number of aliphatic carboxylic acids is 1. The van der Waals surface area contributed by atoms with Gasteiger partial charge in [0.2, 0.25) is 0 Å². The molecule has 2 atom stereocenters. The van der Waals surface area contributed by atoms with E-state index in [9.17, 15) is 9.90 Å². The molecule has 0 spiro atoms. The SMILES string of the molecule is CCNC(CC(=O)O)C(O)c1ccccc1. The lowest BCUT2D eigenvalue weighted by Crippen LogP contribution is -2.36. The Morgan fingerprint density at radius 2 is 2.00 bits per heavy atom. The summed E-state index contributed by atoms with van der Waals surface area (Å²) in [4.78, 5) is 10.7. The molecule has 0 aliphatic heterocycles. The molecular formula is C12H17NO3. The zero-order chi connectivity index (χ0) is 12.0. The number of nitrogens with one attached hydrogen (secondary N) is 1. The Kier molecular flexibility index (Phi) is 4.95. The van der Waals surface area contributed by atoms with Crippen molar-refractivity contribution < 1.29 is 15.0 Å². The summed E-state index contributed by atoms with van der Waals surface area (Å²) in [5.41, 5.74) is 0.731. The van der Waals surface area contributed by atoms with E-state index in [2.05, 4.69) is 5.32 Å². The van der Waals surface area contributed by atoms with Crippen molar-refractivity contribution in [1.29, 1.82) is 0 Å². The zero-order valence-corrected chi connectivity index (χ0v) is 9.26. The first-order chi connectivity index (χ1) is 7.65. The second kappa shape index (κ2) is 6.25. The molecule has 0 aliphatic carbocycles. The van der Waals surface area contributed by atoms with E-state index in [1.807, 2.05) is 25.1 Å². The van der Waals surface area contributed by atoms with Gasteiger partial charge in [0, 0.05) is 6.04 Å². The van der Waals surface area contributed by atoms with Gasteiger partial charge in [-0.15, -0.1) is 0 Å². The summed E-state index contributed by atoms with van der Waals surface area (Å²) >= 11 is 0. The van der Waals surface area contributed by atoms with Crippen molar-refractivity contribution in [3.8, 4) is 0 Å². The highest BCUT2D eigenvalue weighted by Crippen LogP contribution is 2.18. The van der Waals surface area contributed by atoms with Gasteiger partial charge in [0.1, 0.15) is 0 Å². The number of carboxylic acid groups (broad SMARTS) is 1. The van der Waals surface area contributed by atoms with Crippen molar-refractivity contribution in [2.24, 2.45) is 0 Å². The van der Waals surface area contributed by atoms with Crippen LogP contribution < -0.4 is 5.32 Å². The predicted octanol–water partition coefficient (Wildman–Crippen LogP) is 1.17. The number of benzene rings is 1. The van der Waals surface area contributed by atoms with E-state index in [1.165, 1.54) is 0 Å². The van der Waals surface area contributed by atoms with Crippen LogP contribution in [0.4, 0.5) is 0 Å². The fourth-order valence-corrected chi connectivity index (χ4v) is 1.63. The molecule has 1 aromatic carbocycles. The maximum absolute atomic E-state index is 10.7. The van der Waals surface area contributed by atoms with E-state index >= 15 is 0 Å². The Balaban J connectivity index is 2.74. The summed E-state index contributed by atoms with van der Waals surface area (Å²) in [6.07, 6.45) is -0.888. The molecule has 3 N–H and O–H groups in total. The lowest BCUT2D eigenvalue weighted by atomic mass is 10.00. The first-order valence-corrected chi connectivity index (χ1v) is 5.33. The quantitative estimate of drug-likeness (QED) is 0.677. The van der Waals surface area contributed by atoms with E-state index in [0.29, 0.717) is 6.54 Å². The molecule has 4 heteroatoms. The molecule has 1 rings (SSSR count). The maximum Gasteiger partial charge on any atom is 0.305 e. The Morgan fingerprint density at radius 3 is 2.50 bits per heavy atom. The van der Waals surface area contributed by atoms with Gasteiger partial charge in [-0.3, -0.25) is 4.79 Å². The van der Waals surface area contributed by atoms with Crippen LogP contribution in [0, 0.1) is 0 Å². The minimum atomic E-state index is -0.916. The van der Waals surface area contributed by atoms with Gasteiger partial charge in [0.05, 0.1) is 12.5 Å². The summed E-state index contributed by atoms with van der Waals surface area (Å²) in [7, 11) is 0. The predicted molar refractivity (Wildman–Crippen MR) is 61.1 cm³/mol. The van der Waals surface area contributed by atoms with Crippen LogP contribution in [0.25, 0.3) is 0 Å². The van der Waals surface area contributed by atoms with Crippen molar-refractivity contribution >= 4 is 5.97 Å². The van der Waals surface area contributed by atoms with Gasteiger partial charge in [0.25, 0.3) is 0 Å². The van der Waals surface area contributed by atoms with Crippen LogP contribution in [-0.2, 0) is 4.79 Å². The minimum absolute atomic E-state index is 0.0934. The van der Waals surface area contributed by atoms with Gasteiger partial charge in [-0.05, 0) is 12.1 Å². The Bertz CT molecular complexity index is 326. The number of hydrogen-bond acceptors (Lipinski definition) is 3. The van der Waals surface area contributed by atoms with Gasteiger partial charge < -0.3 is 15.5 Å². The molecule has 0 amide bonds. The Labute approximate surface area is 94.9 Å². The van der Waals surface area contributed by atoms with Crippen LogP contribution in [0.2, 0.25) is 0 Å². The van der Waals surface area contributed by atoms with E-state index < -0.39 is 18.1 Å². The van der Waals surface area contributed by atoms with E-state index in [0.717, 1.165) is 5.56 Å². The van der Waals surface area contributed by atoms with Crippen molar-refractivity contribution in [1.82, 2.24) is 5.32 Å². The first kappa shape index (κ1) is 12.7. The first-order valence-electron chi connectivity index (χ1n) is 5.33. The third-order valence-electron chi connectivity index (χ3n) is 2.38. The fourth-order valence-electron chi connectivity index (χ4n) is 1.63. The normalized spacial score (nSPS) is 14.4. The highest BCUT2D eigenvalue weighted by molar-refractivity contribution is 5.67. The van der Waals surface area contributed by atoms with Gasteiger partial charge in [-0.25, -0.2) is 0 Å². The van der Waals surface area contributed by atoms with Crippen LogP contribution in [0.15, 0.2) is 30.3 Å². The zero-order valence-electron chi connectivity index (χ0n) is 9.26. The van der Waals surface area contributed by atoms with Crippen LogP contribution in [0.1, 0.15) is 25.0 Å². The van der Waals surface area contributed by atoms with E-state index in [4.69, 9.17) is 5.11 Å². The topological polar surface area (TPSA) is 69.6 Å². The number of aliphatic hydroxyl groups excluding tert-OH is 1. The largest absolute Gasteiger partial charge is 0.481 e. The number of hydrogen-bond donors (Lipinski definition) is 3. The average Bonchev–Trinajstić information content (AvgIpc) is 2.28. The molecule has 88 valence electrons. The van der Waals surface area contributed by atoms with Gasteiger partial charge in [0.15, 0.2) is 0 Å². The molecule has 1 aromatic rings. The second-order valence-corrected chi connectivity index (χ2v) is 3.62. The summed E-state index contributed by atoms with van der Waals surface area (Å²) in [6, 6.07) is 8.62. The number of carboxylic acids is 1. The summed E-state index contributed by atoms with van der Waals surface area (Å²) in [5.74, 6) is -0.916. The van der Waals surface area contributed by atoms with Gasteiger partial charge in [-0.1, -0.05) is 37.3 Å². The summed E-state index contributed by atoms with van der Waals surface area (Å²) in [5, 5.41) is 21.8. The monoisotopic (exact) mass is 223 g/mol. The smallest absolute Gasteiger partial charge is 0.305 e. The number of aliphatic hydroxyl groups is 1. The third kappa shape index (κ3) is 3.64. The molecule has 0 radical (unpaired) electrons. The van der Waals surface area contributed by atoms with Crippen LogP contribution in [-0.4, -0.2) is 28.8 Å². The lowest BCUT2D eigenvalue weighted by molar-refractivity contribution is -0.138. The van der Waals surface area contributed by atoms with Crippen LogP contribution in [0.5, 0.6) is 0 Å². The number of rotatable bonds is 6. The van der Waals surface area contributed by atoms with Crippen LogP contribution in [0.3, 0.4) is 0 Å². The van der Waals surface area contributed by atoms with Crippen molar-refractivity contribution in [2.45, 2.75) is 25.5 Å². The molecule has 0 saturated heterocycles. The van der Waals surface area contributed by atoms with E-state index in [-0.39, 0.29) is 6.42 Å². The number of likely N-dealkylation sites (N-methyl/N-ethyl adjacent to an activating group) is 1. The molecule has 0 aliphatic rings. The molecular weight excluding hydrogens is 206 g/mol. The lowest BCUT2D eigenvalue weighted by Gasteiger charge is -2.22. The second-order valence-electron chi connectivity index (χ2n) is 3.62. The standard InChI is InChI=1S/C12H17NO3/c1-2-13-10(8-11(14)15)12(16)9-6-4-3-5-7-9/h3-7,10,12-13,16H,2,8H2,1H3,(H,14,15). The molecule has 4 nitrogen and oxygen atoms in total. The summed E-state index contributed by atoms with van der Waals surface area (Å²) in [6.45, 7) is 2.51. The molecule has 0 heterocycles. The average molecular weight is 223 g/mol. The van der Waals surface area contributed by atoms with Gasteiger partial charge in [-0.2, -0.15) is 0 Å². The number of carbonyl (C=O) groups is 1. The molecule has 16 heavy (non-hydrogen) atoms. The summed E-state index contributed by atoms with van der Waals surface area (Å²) < 4.78 is 0. The van der Waals surface area contributed by atoms with Crippen molar-refractivity contribution in [3.05, 3.63) is 35.9 Å². The Morgan fingerprint density at radius 1 is 1.38 bits per heavy atom. The molecule has 0 saturated carbocycles.